The van der Waals surface area contributed by atoms with Gasteiger partial charge in [-0.15, -0.1) is 0 Å². The molecule has 2 nitrogen and oxygen atoms in total. The Morgan fingerprint density at radius 3 is 2.71 bits per heavy atom. The van der Waals surface area contributed by atoms with Crippen molar-refractivity contribution in [2.75, 3.05) is 7.11 Å². The molecule has 0 saturated carbocycles. The molecule has 1 aromatic rings. The van der Waals surface area contributed by atoms with Gasteiger partial charge in [-0.2, -0.15) is 0 Å². The summed E-state index contributed by atoms with van der Waals surface area (Å²) in [5.74, 6) is -0.398. The second-order valence-corrected chi connectivity index (χ2v) is 3.27. The van der Waals surface area contributed by atoms with Crippen LogP contribution in [0.1, 0.15) is 5.56 Å². The molecule has 0 heterocycles. The van der Waals surface area contributed by atoms with Gasteiger partial charge in [-0.1, -0.05) is 36.4 Å². The third-order valence-corrected chi connectivity index (χ3v) is 2.20. The number of hydrogen-bond donors (Lipinski definition) is 0. The monoisotopic (exact) mass is 210 g/mol. The molecule has 14 heavy (non-hydrogen) atoms. The molecule has 0 aliphatic heterocycles. The van der Waals surface area contributed by atoms with E-state index >= 15 is 0 Å². The fourth-order valence-corrected chi connectivity index (χ4v) is 1.29. The highest BCUT2D eigenvalue weighted by molar-refractivity contribution is 6.31. The van der Waals surface area contributed by atoms with Gasteiger partial charge in [-0.3, -0.25) is 0 Å². The lowest BCUT2D eigenvalue weighted by Gasteiger charge is -2.05. The third-order valence-electron chi connectivity index (χ3n) is 1.84. The second-order valence-electron chi connectivity index (χ2n) is 2.86. The van der Waals surface area contributed by atoms with E-state index in [1.807, 2.05) is 18.2 Å². The average Bonchev–Trinajstić information content (AvgIpc) is 2.20. The molecular formula is C11H11ClO2. The lowest BCUT2D eigenvalue weighted by atomic mass is 10.1. The fourth-order valence-electron chi connectivity index (χ4n) is 1.09. The molecule has 3 heteroatoms. The number of halogens is 1. The fraction of sp³-hybridized carbons (Fsp3) is 0.182. The molecule has 0 fully saturated rings. The largest absolute Gasteiger partial charge is 0.466 e. The zero-order valence-electron chi connectivity index (χ0n) is 7.92. The predicted octanol–water partition coefficient (Wildman–Crippen LogP) is 2.61. The molecule has 0 atom stereocenters. The average molecular weight is 211 g/mol. The molecule has 0 aliphatic rings. The molecule has 1 aromatic carbocycles. The Balaban J connectivity index is 2.75. The minimum atomic E-state index is -0.398. The first-order chi connectivity index (χ1) is 6.65. The summed E-state index contributed by atoms with van der Waals surface area (Å²) in [6.07, 6.45) is 0.423. The van der Waals surface area contributed by atoms with Gasteiger partial charge in [0.1, 0.15) is 0 Å². The molecular weight excluding hydrogens is 200 g/mol. The summed E-state index contributed by atoms with van der Waals surface area (Å²) in [7, 11) is 1.33. The van der Waals surface area contributed by atoms with E-state index in [2.05, 4.69) is 11.3 Å². The quantitative estimate of drug-likeness (QED) is 0.566. The van der Waals surface area contributed by atoms with Crippen molar-refractivity contribution >= 4 is 17.6 Å². The molecule has 0 unspecified atom stereocenters. The van der Waals surface area contributed by atoms with Crippen molar-refractivity contribution in [1.82, 2.24) is 0 Å². The maximum atomic E-state index is 11.1. The second kappa shape index (κ2) is 4.82. The topological polar surface area (TPSA) is 26.3 Å². The van der Waals surface area contributed by atoms with Crippen LogP contribution >= 0.6 is 11.6 Å². The highest BCUT2D eigenvalue weighted by Crippen LogP contribution is 2.18. The summed E-state index contributed by atoms with van der Waals surface area (Å²) in [4.78, 5) is 11.1. The minimum absolute atomic E-state index is 0.398. The number of esters is 1. The van der Waals surface area contributed by atoms with Gasteiger partial charge in [0.05, 0.1) is 7.11 Å². The zero-order valence-corrected chi connectivity index (χ0v) is 8.67. The molecule has 0 spiro atoms. The number of ether oxygens (including phenoxy) is 1. The highest BCUT2D eigenvalue weighted by Gasteiger charge is 2.08. The van der Waals surface area contributed by atoms with E-state index in [-0.39, 0.29) is 0 Å². The van der Waals surface area contributed by atoms with Crippen LogP contribution in [0.15, 0.2) is 36.4 Å². The van der Waals surface area contributed by atoms with Crippen molar-refractivity contribution in [3.63, 3.8) is 0 Å². The maximum Gasteiger partial charge on any atom is 0.333 e. The molecule has 1 rings (SSSR count). The predicted molar refractivity (Wildman–Crippen MR) is 56.3 cm³/mol. The molecule has 0 amide bonds. The van der Waals surface area contributed by atoms with Crippen LogP contribution in [-0.4, -0.2) is 13.1 Å². The smallest absolute Gasteiger partial charge is 0.333 e. The molecule has 0 aliphatic carbocycles. The van der Waals surface area contributed by atoms with Crippen molar-refractivity contribution in [3.05, 3.63) is 47.0 Å². The molecule has 0 saturated heterocycles. The Bertz CT molecular complexity index is 358. The summed E-state index contributed by atoms with van der Waals surface area (Å²) in [5.41, 5.74) is 1.28. The van der Waals surface area contributed by atoms with Gasteiger partial charge in [-0.25, -0.2) is 4.79 Å². The molecule has 0 bridgehead atoms. The summed E-state index contributed by atoms with van der Waals surface area (Å²) in [6, 6.07) is 7.34. The normalized spacial score (nSPS) is 9.57. The third kappa shape index (κ3) is 2.60. The standard InChI is InChI=1S/C11H11ClO2/c1-8(11(13)14-2)7-9-5-3-4-6-10(9)12/h3-6H,1,7H2,2H3. The van der Waals surface area contributed by atoms with Crippen molar-refractivity contribution in [2.24, 2.45) is 0 Å². The van der Waals surface area contributed by atoms with Crippen LogP contribution in [0.2, 0.25) is 5.02 Å². The number of benzene rings is 1. The van der Waals surface area contributed by atoms with Crippen molar-refractivity contribution in [3.8, 4) is 0 Å². The van der Waals surface area contributed by atoms with E-state index in [4.69, 9.17) is 11.6 Å². The maximum absolute atomic E-state index is 11.1. The Labute approximate surface area is 88.1 Å². The van der Waals surface area contributed by atoms with Gasteiger partial charge >= 0.3 is 5.97 Å². The molecule has 74 valence electrons. The number of carbonyl (C=O) groups is 1. The van der Waals surface area contributed by atoms with E-state index in [0.29, 0.717) is 17.0 Å². The Morgan fingerprint density at radius 1 is 1.50 bits per heavy atom. The van der Waals surface area contributed by atoms with E-state index in [1.54, 1.807) is 6.07 Å². The summed E-state index contributed by atoms with van der Waals surface area (Å²) in [5, 5.41) is 0.637. The van der Waals surface area contributed by atoms with Crippen molar-refractivity contribution in [1.29, 1.82) is 0 Å². The van der Waals surface area contributed by atoms with E-state index < -0.39 is 5.97 Å². The van der Waals surface area contributed by atoms with Gasteiger partial charge in [0.25, 0.3) is 0 Å². The van der Waals surface area contributed by atoms with Crippen LogP contribution in [0.25, 0.3) is 0 Å². The number of rotatable bonds is 3. The van der Waals surface area contributed by atoms with E-state index in [0.717, 1.165) is 5.56 Å². The van der Waals surface area contributed by atoms with Crippen molar-refractivity contribution in [2.45, 2.75) is 6.42 Å². The summed E-state index contributed by atoms with van der Waals surface area (Å²) in [6.45, 7) is 3.63. The Hall–Kier alpha value is -1.28. The van der Waals surface area contributed by atoms with Crippen LogP contribution < -0.4 is 0 Å². The van der Waals surface area contributed by atoms with Crippen LogP contribution in [0.5, 0.6) is 0 Å². The van der Waals surface area contributed by atoms with Gasteiger partial charge in [0.2, 0.25) is 0 Å². The first kappa shape index (κ1) is 10.8. The minimum Gasteiger partial charge on any atom is -0.466 e. The lowest BCUT2D eigenvalue weighted by Crippen LogP contribution is -2.06. The SMILES string of the molecule is C=C(Cc1ccccc1Cl)C(=O)OC. The Kier molecular flexibility index (Phi) is 3.72. The van der Waals surface area contributed by atoms with Crippen molar-refractivity contribution < 1.29 is 9.53 Å². The zero-order chi connectivity index (χ0) is 10.6. The first-order valence-electron chi connectivity index (χ1n) is 4.14. The van der Waals surface area contributed by atoms with Crippen LogP contribution in [0.4, 0.5) is 0 Å². The summed E-state index contributed by atoms with van der Waals surface area (Å²) < 4.78 is 4.54. The van der Waals surface area contributed by atoms with E-state index in [9.17, 15) is 4.79 Å². The molecule has 0 N–H and O–H groups in total. The number of methoxy groups -OCH3 is 1. The van der Waals surface area contributed by atoms with Crippen LogP contribution in [0, 0.1) is 0 Å². The van der Waals surface area contributed by atoms with E-state index in [1.165, 1.54) is 7.11 Å². The first-order valence-corrected chi connectivity index (χ1v) is 4.52. The van der Waals surface area contributed by atoms with Gasteiger partial charge in [0, 0.05) is 17.0 Å². The van der Waals surface area contributed by atoms with Gasteiger partial charge in [0.15, 0.2) is 0 Å². The Morgan fingerprint density at radius 2 is 2.14 bits per heavy atom. The number of hydrogen-bond acceptors (Lipinski definition) is 2. The molecule has 0 radical (unpaired) electrons. The molecule has 0 aromatic heterocycles. The highest BCUT2D eigenvalue weighted by atomic mass is 35.5. The van der Waals surface area contributed by atoms with Crippen LogP contribution in [-0.2, 0) is 16.0 Å². The lowest BCUT2D eigenvalue weighted by molar-refractivity contribution is -0.136. The van der Waals surface area contributed by atoms with Gasteiger partial charge in [-0.05, 0) is 11.6 Å². The number of carbonyl (C=O) groups excluding carboxylic acids is 1. The van der Waals surface area contributed by atoms with Crippen LogP contribution in [0.3, 0.4) is 0 Å². The summed E-state index contributed by atoms with van der Waals surface area (Å²) >= 11 is 5.92. The van der Waals surface area contributed by atoms with Gasteiger partial charge < -0.3 is 4.74 Å².